The van der Waals surface area contributed by atoms with Gasteiger partial charge in [-0.1, -0.05) is 39.7 Å². The van der Waals surface area contributed by atoms with Gasteiger partial charge in [-0.05, 0) is 43.5 Å². The van der Waals surface area contributed by atoms with Gasteiger partial charge < -0.3 is 10.6 Å². The summed E-state index contributed by atoms with van der Waals surface area (Å²) in [6, 6.07) is 8.12. The highest BCUT2D eigenvalue weighted by Crippen LogP contribution is 2.48. The fourth-order valence-corrected chi connectivity index (χ4v) is 3.15. The Balaban J connectivity index is 1.66. The minimum atomic E-state index is -0.280. The number of halogens is 1. The smallest absolute Gasteiger partial charge is 0.230 e. The van der Waals surface area contributed by atoms with E-state index in [-0.39, 0.29) is 11.3 Å². The molecule has 3 rings (SSSR count). The Morgan fingerprint density at radius 1 is 1.40 bits per heavy atom. The van der Waals surface area contributed by atoms with Gasteiger partial charge in [-0.2, -0.15) is 0 Å². The van der Waals surface area contributed by atoms with Gasteiger partial charge in [-0.15, -0.1) is 0 Å². The second-order valence-electron chi connectivity index (χ2n) is 5.59. The van der Waals surface area contributed by atoms with Crippen LogP contribution in [0.15, 0.2) is 40.4 Å². The van der Waals surface area contributed by atoms with Crippen LogP contribution in [0.2, 0.25) is 0 Å². The van der Waals surface area contributed by atoms with Gasteiger partial charge in [0.1, 0.15) is 0 Å². The van der Waals surface area contributed by atoms with Crippen LogP contribution in [-0.4, -0.2) is 25.5 Å². The van der Waals surface area contributed by atoms with E-state index in [1.54, 1.807) is 0 Å². The van der Waals surface area contributed by atoms with Crippen LogP contribution in [-0.2, 0) is 10.2 Å². The lowest BCUT2D eigenvalue weighted by Gasteiger charge is -2.19. The van der Waals surface area contributed by atoms with Crippen molar-refractivity contribution in [2.24, 2.45) is 0 Å². The van der Waals surface area contributed by atoms with Gasteiger partial charge in [0.2, 0.25) is 5.91 Å². The van der Waals surface area contributed by atoms with Crippen molar-refractivity contribution in [1.29, 1.82) is 0 Å². The molecule has 1 aromatic rings. The van der Waals surface area contributed by atoms with E-state index in [1.807, 2.05) is 12.1 Å². The van der Waals surface area contributed by atoms with Crippen molar-refractivity contribution in [1.82, 2.24) is 10.6 Å². The summed E-state index contributed by atoms with van der Waals surface area (Å²) in [5.74, 6) is 0.176. The second kappa shape index (κ2) is 5.70. The summed E-state index contributed by atoms with van der Waals surface area (Å²) < 4.78 is 1.04. The molecule has 3 nitrogen and oxygen atoms in total. The van der Waals surface area contributed by atoms with E-state index in [4.69, 9.17) is 0 Å². The molecule has 1 heterocycles. The first kappa shape index (κ1) is 13.8. The molecule has 4 heteroatoms. The van der Waals surface area contributed by atoms with E-state index in [0.717, 1.165) is 42.4 Å². The number of nitrogens with one attached hydrogen (secondary N) is 2. The SMILES string of the molecule is O=C(NCC1=CCNCC1)C1(c2cccc(Br)c2)CC1. The number of hydrogen-bond acceptors (Lipinski definition) is 2. The highest BCUT2D eigenvalue weighted by Gasteiger charge is 2.51. The summed E-state index contributed by atoms with van der Waals surface area (Å²) in [5, 5.41) is 6.41. The minimum Gasteiger partial charge on any atom is -0.352 e. The van der Waals surface area contributed by atoms with Crippen molar-refractivity contribution in [2.45, 2.75) is 24.7 Å². The Morgan fingerprint density at radius 3 is 2.90 bits per heavy atom. The first-order valence-electron chi connectivity index (χ1n) is 7.14. The third-order valence-corrected chi connectivity index (χ3v) is 4.69. The maximum Gasteiger partial charge on any atom is 0.230 e. The average molecular weight is 335 g/mol. The molecule has 1 aliphatic carbocycles. The molecule has 2 N–H and O–H groups in total. The van der Waals surface area contributed by atoms with E-state index in [2.05, 4.69) is 44.8 Å². The van der Waals surface area contributed by atoms with Crippen LogP contribution in [0.5, 0.6) is 0 Å². The molecule has 0 radical (unpaired) electrons. The molecule has 2 aliphatic rings. The van der Waals surface area contributed by atoms with Crippen molar-refractivity contribution in [3.05, 3.63) is 46.0 Å². The zero-order chi connectivity index (χ0) is 14.0. The lowest BCUT2D eigenvalue weighted by atomic mass is 9.95. The summed E-state index contributed by atoms with van der Waals surface area (Å²) in [7, 11) is 0. The van der Waals surface area contributed by atoms with Crippen LogP contribution in [0.4, 0.5) is 0 Å². The third kappa shape index (κ3) is 2.81. The Labute approximate surface area is 128 Å². The molecule has 0 spiro atoms. The van der Waals surface area contributed by atoms with Gasteiger partial charge in [-0.3, -0.25) is 4.79 Å². The van der Waals surface area contributed by atoms with E-state index in [0.29, 0.717) is 6.54 Å². The zero-order valence-electron chi connectivity index (χ0n) is 11.4. The molecule has 1 aliphatic heterocycles. The predicted molar refractivity (Wildman–Crippen MR) is 83.6 cm³/mol. The summed E-state index contributed by atoms with van der Waals surface area (Å²) >= 11 is 3.49. The van der Waals surface area contributed by atoms with Crippen LogP contribution in [0, 0.1) is 0 Å². The predicted octanol–water partition coefficient (Wildman–Crippen LogP) is 2.52. The molecular formula is C16H19BrN2O. The van der Waals surface area contributed by atoms with E-state index >= 15 is 0 Å². The minimum absolute atomic E-state index is 0.176. The van der Waals surface area contributed by atoms with Crippen molar-refractivity contribution in [2.75, 3.05) is 19.6 Å². The van der Waals surface area contributed by atoms with Gasteiger partial charge in [0.05, 0.1) is 5.41 Å². The summed E-state index contributed by atoms with van der Waals surface area (Å²) in [4.78, 5) is 12.5. The van der Waals surface area contributed by atoms with E-state index in [9.17, 15) is 4.79 Å². The van der Waals surface area contributed by atoms with Crippen molar-refractivity contribution in [3.8, 4) is 0 Å². The number of benzene rings is 1. The Bertz CT molecular complexity index is 549. The second-order valence-corrected chi connectivity index (χ2v) is 6.51. The maximum atomic E-state index is 12.5. The van der Waals surface area contributed by atoms with Crippen molar-refractivity contribution in [3.63, 3.8) is 0 Å². The number of carbonyl (C=O) groups excluding carboxylic acids is 1. The van der Waals surface area contributed by atoms with E-state index in [1.165, 1.54) is 5.57 Å². The number of hydrogen-bond donors (Lipinski definition) is 2. The first-order valence-corrected chi connectivity index (χ1v) is 7.93. The molecular weight excluding hydrogens is 316 g/mol. The quantitative estimate of drug-likeness (QED) is 0.830. The largest absolute Gasteiger partial charge is 0.352 e. The number of rotatable bonds is 4. The topological polar surface area (TPSA) is 41.1 Å². The summed E-state index contributed by atoms with van der Waals surface area (Å²) in [5.41, 5.74) is 2.18. The molecule has 0 atom stereocenters. The summed E-state index contributed by atoms with van der Waals surface area (Å²) in [6.45, 7) is 2.62. The molecule has 20 heavy (non-hydrogen) atoms. The highest BCUT2D eigenvalue weighted by molar-refractivity contribution is 9.10. The Hall–Kier alpha value is -1.13. The highest BCUT2D eigenvalue weighted by atomic mass is 79.9. The van der Waals surface area contributed by atoms with Gasteiger partial charge in [0.25, 0.3) is 0 Å². The Morgan fingerprint density at radius 2 is 2.25 bits per heavy atom. The van der Waals surface area contributed by atoms with Gasteiger partial charge in [0, 0.05) is 17.6 Å². The number of amides is 1. The monoisotopic (exact) mass is 334 g/mol. The molecule has 1 fully saturated rings. The molecule has 0 unspecified atom stereocenters. The molecule has 1 saturated carbocycles. The zero-order valence-corrected chi connectivity index (χ0v) is 13.0. The molecule has 106 valence electrons. The average Bonchev–Trinajstić information content (AvgIpc) is 3.28. The van der Waals surface area contributed by atoms with E-state index < -0.39 is 0 Å². The lowest BCUT2D eigenvalue weighted by Crippen LogP contribution is -2.37. The van der Waals surface area contributed by atoms with Gasteiger partial charge in [0.15, 0.2) is 0 Å². The number of carbonyl (C=O) groups is 1. The molecule has 1 amide bonds. The van der Waals surface area contributed by atoms with Crippen LogP contribution < -0.4 is 10.6 Å². The molecule has 0 aromatic heterocycles. The Kier molecular flexibility index (Phi) is 3.94. The standard InChI is InChI=1S/C16H19BrN2O/c17-14-3-1-2-13(10-14)16(6-7-16)15(20)19-11-12-4-8-18-9-5-12/h1-4,10,18H,5-9,11H2,(H,19,20). The van der Waals surface area contributed by atoms with Crippen LogP contribution in [0.3, 0.4) is 0 Å². The van der Waals surface area contributed by atoms with Gasteiger partial charge >= 0.3 is 0 Å². The summed E-state index contributed by atoms with van der Waals surface area (Å²) in [6.07, 6.45) is 5.12. The molecule has 0 saturated heterocycles. The van der Waals surface area contributed by atoms with Crippen molar-refractivity contribution < 1.29 is 4.79 Å². The fourth-order valence-electron chi connectivity index (χ4n) is 2.75. The maximum absolute atomic E-state index is 12.5. The normalized spacial score (nSPS) is 20.1. The lowest BCUT2D eigenvalue weighted by molar-refractivity contribution is -0.123. The molecule has 0 bridgehead atoms. The van der Waals surface area contributed by atoms with Crippen LogP contribution in [0.25, 0.3) is 0 Å². The van der Waals surface area contributed by atoms with Gasteiger partial charge in [-0.25, -0.2) is 0 Å². The molecule has 1 aromatic carbocycles. The van der Waals surface area contributed by atoms with Crippen LogP contribution >= 0.6 is 15.9 Å². The third-order valence-electron chi connectivity index (χ3n) is 4.20. The van der Waals surface area contributed by atoms with Crippen LogP contribution in [0.1, 0.15) is 24.8 Å². The first-order chi connectivity index (χ1) is 9.71. The fraction of sp³-hybridized carbons (Fsp3) is 0.438. The van der Waals surface area contributed by atoms with Crippen molar-refractivity contribution >= 4 is 21.8 Å².